The molecule has 0 aliphatic carbocycles. The Morgan fingerprint density at radius 3 is 2.16 bits per heavy atom. The molecule has 0 heterocycles. The number of carbonyl (C=O) groups excluding carboxylic acids is 1. The van der Waals surface area contributed by atoms with E-state index in [0.717, 1.165) is 17.0 Å². The molecule has 2 amide bonds. The summed E-state index contributed by atoms with van der Waals surface area (Å²) in [5, 5.41) is 11.4. The van der Waals surface area contributed by atoms with Crippen molar-refractivity contribution in [3.8, 4) is 11.5 Å². The normalized spacial score (nSPS) is 12.9. The van der Waals surface area contributed by atoms with Crippen LogP contribution >= 0.6 is 0 Å². The van der Waals surface area contributed by atoms with E-state index in [4.69, 9.17) is 9.47 Å². The van der Waals surface area contributed by atoms with Crippen LogP contribution in [0.1, 0.15) is 18.9 Å². The number of amides is 2. The third-order valence-electron chi connectivity index (χ3n) is 5.44. The molecule has 2 rings (SSSR count). The highest BCUT2D eigenvalue weighted by Crippen LogP contribution is 2.36. The minimum absolute atomic E-state index is 0.0758. The number of alkyl halides is 8. The molecule has 0 aliphatic rings. The second kappa shape index (κ2) is 15.6. The Labute approximate surface area is 240 Å². The van der Waals surface area contributed by atoms with Crippen LogP contribution < -0.4 is 14.8 Å². The van der Waals surface area contributed by atoms with Gasteiger partial charge in [-0.15, -0.1) is 13.2 Å². The Balaban J connectivity index is 2.06. The number of nitrogens with zero attached hydrogens (tertiary/aromatic N) is 1. The Morgan fingerprint density at radius 1 is 0.930 bits per heavy atom. The molecule has 43 heavy (non-hydrogen) atoms. The van der Waals surface area contributed by atoms with E-state index in [1.54, 1.807) is 19.1 Å². The smallest absolute Gasteiger partial charge is 0.492 e. The van der Waals surface area contributed by atoms with Crippen LogP contribution in [0.2, 0.25) is 0 Å². The number of carboxylic acid groups (broad SMARTS) is 1. The molecular formula is C26H28F8N2O7. The summed E-state index contributed by atoms with van der Waals surface area (Å²) in [7, 11) is 0. The fourth-order valence-electron chi connectivity index (χ4n) is 3.46. The first-order valence-electron chi connectivity index (χ1n) is 12.6. The van der Waals surface area contributed by atoms with Crippen molar-refractivity contribution in [2.45, 2.75) is 44.5 Å². The lowest BCUT2D eigenvalue weighted by molar-refractivity contribution is -0.391. The molecule has 1 atom stereocenters. The van der Waals surface area contributed by atoms with Gasteiger partial charge in [0.15, 0.2) is 11.9 Å². The molecule has 0 fully saturated rings. The van der Waals surface area contributed by atoms with E-state index in [-0.39, 0.29) is 31.9 Å². The van der Waals surface area contributed by atoms with Gasteiger partial charge in [-0.25, -0.2) is 9.59 Å². The van der Waals surface area contributed by atoms with Crippen molar-refractivity contribution in [1.82, 2.24) is 4.90 Å². The maximum absolute atomic E-state index is 13.0. The van der Waals surface area contributed by atoms with Crippen molar-refractivity contribution in [3.05, 3.63) is 54.1 Å². The average Bonchev–Trinajstić information content (AvgIpc) is 2.90. The van der Waals surface area contributed by atoms with Crippen molar-refractivity contribution in [3.63, 3.8) is 0 Å². The molecular weight excluding hydrogens is 604 g/mol. The van der Waals surface area contributed by atoms with Crippen LogP contribution in [-0.4, -0.2) is 79.7 Å². The molecule has 2 aromatic carbocycles. The summed E-state index contributed by atoms with van der Waals surface area (Å²) in [6.45, 7) is -0.221. The number of para-hydroxylation sites is 2. The lowest BCUT2D eigenvalue weighted by Gasteiger charge is -2.25. The topological polar surface area (TPSA) is 107 Å². The van der Waals surface area contributed by atoms with E-state index in [0.29, 0.717) is 5.56 Å². The summed E-state index contributed by atoms with van der Waals surface area (Å²) >= 11 is 0. The van der Waals surface area contributed by atoms with Crippen molar-refractivity contribution >= 4 is 17.7 Å². The van der Waals surface area contributed by atoms with Gasteiger partial charge in [0, 0.05) is 19.6 Å². The predicted molar refractivity (Wildman–Crippen MR) is 134 cm³/mol. The highest BCUT2D eigenvalue weighted by atomic mass is 19.4. The SMILES string of the molecule is CCOC(Cc1ccc(OCCN(CCCOC(F)(F)C(F)(F)F)C(=O)Nc2ccccc2OC(F)(F)F)cc1)C(=O)O. The Kier molecular flexibility index (Phi) is 12.8. The van der Waals surface area contributed by atoms with Gasteiger partial charge in [0.1, 0.15) is 12.4 Å². The van der Waals surface area contributed by atoms with Gasteiger partial charge in [0.2, 0.25) is 0 Å². The van der Waals surface area contributed by atoms with Gasteiger partial charge in [-0.1, -0.05) is 24.3 Å². The van der Waals surface area contributed by atoms with Crippen LogP contribution in [0.15, 0.2) is 48.5 Å². The zero-order valence-electron chi connectivity index (χ0n) is 22.5. The van der Waals surface area contributed by atoms with Gasteiger partial charge < -0.3 is 34.3 Å². The number of carboxylic acids is 1. The fourth-order valence-corrected chi connectivity index (χ4v) is 3.46. The van der Waals surface area contributed by atoms with Crippen LogP contribution in [0, 0.1) is 0 Å². The molecule has 2 aromatic rings. The van der Waals surface area contributed by atoms with Crippen LogP contribution in [-0.2, 0) is 20.7 Å². The maximum Gasteiger partial charge on any atom is 0.573 e. The second-order valence-corrected chi connectivity index (χ2v) is 8.66. The standard InChI is InChI=1S/C26H28F8N2O7/c1-2-40-21(22(37)38)16-17-8-10-18(11-9-17)41-15-13-36(12-5-14-42-25(30,31)24(27,28)29)23(39)35-19-6-3-4-7-20(19)43-26(32,33)34/h3-4,6-11,21H,2,5,12-16H2,1H3,(H,35,39)(H,37,38). The number of hydrogen-bond acceptors (Lipinski definition) is 6. The highest BCUT2D eigenvalue weighted by molar-refractivity contribution is 5.91. The minimum atomic E-state index is -5.95. The second-order valence-electron chi connectivity index (χ2n) is 8.66. The molecule has 0 bridgehead atoms. The molecule has 0 saturated heterocycles. The number of nitrogens with one attached hydrogen (secondary N) is 1. The van der Waals surface area contributed by atoms with Crippen molar-refractivity contribution in [2.75, 3.05) is 38.2 Å². The van der Waals surface area contributed by atoms with Gasteiger partial charge >= 0.3 is 30.6 Å². The summed E-state index contributed by atoms with van der Waals surface area (Å²) < 4.78 is 120. The third kappa shape index (κ3) is 12.1. The van der Waals surface area contributed by atoms with Crippen molar-refractivity contribution in [2.24, 2.45) is 0 Å². The van der Waals surface area contributed by atoms with E-state index >= 15 is 0 Å². The van der Waals surface area contributed by atoms with Crippen LogP contribution in [0.4, 0.5) is 45.6 Å². The Hall–Kier alpha value is -3.86. The summed E-state index contributed by atoms with van der Waals surface area (Å²) in [4.78, 5) is 25.0. The molecule has 0 saturated carbocycles. The summed E-state index contributed by atoms with van der Waals surface area (Å²) in [5.74, 6) is -1.60. The van der Waals surface area contributed by atoms with E-state index in [2.05, 4.69) is 14.8 Å². The molecule has 9 nitrogen and oxygen atoms in total. The average molecular weight is 633 g/mol. The minimum Gasteiger partial charge on any atom is -0.492 e. The van der Waals surface area contributed by atoms with Gasteiger partial charge in [-0.2, -0.15) is 22.0 Å². The Morgan fingerprint density at radius 2 is 1.58 bits per heavy atom. The predicted octanol–water partition coefficient (Wildman–Crippen LogP) is 6.09. The maximum atomic E-state index is 13.0. The van der Waals surface area contributed by atoms with Crippen LogP contribution in [0.5, 0.6) is 11.5 Å². The first kappa shape index (κ1) is 35.3. The number of aliphatic carboxylic acids is 1. The van der Waals surface area contributed by atoms with Gasteiger partial charge in [0.05, 0.1) is 18.8 Å². The first-order chi connectivity index (χ1) is 20.0. The molecule has 0 spiro atoms. The summed E-state index contributed by atoms with van der Waals surface area (Å²) in [6.07, 6.45) is -17.9. The van der Waals surface area contributed by atoms with E-state index in [1.165, 1.54) is 24.3 Å². The number of urea groups is 1. The van der Waals surface area contributed by atoms with Crippen molar-refractivity contribution in [1.29, 1.82) is 0 Å². The van der Waals surface area contributed by atoms with E-state index in [9.17, 15) is 49.8 Å². The number of carbonyl (C=O) groups is 2. The van der Waals surface area contributed by atoms with Gasteiger partial charge in [-0.05, 0) is 43.2 Å². The molecule has 1 unspecified atom stereocenters. The molecule has 0 aromatic heterocycles. The highest BCUT2D eigenvalue weighted by Gasteiger charge is 2.59. The molecule has 2 N–H and O–H groups in total. The monoisotopic (exact) mass is 632 g/mol. The van der Waals surface area contributed by atoms with Gasteiger partial charge in [0.25, 0.3) is 0 Å². The molecule has 240 valence electrons. The number of hydrogen-bond donors (Lipinski definition) is 2. The summed E-state index contributed by atoms with van der Waals surface area (Å²) in [5.41, 5.74) is 0.225. The van der Waals surface area contributed by atoms with E-state index in [1.807, 2.05) is 0 Å². The fraction of sp³-hybridized carbons (Fsp3) is 0.462. The number of anilines is 1. The van der Waals surface area contributed by atoms with Crippen LogP contribution in [0.25, 0.3) is 0 Å². The Bertz CT molecular complexity index is 1180. The number of halogens is 8. The molecule has 0 radical (unpaired) electrons. The number of rotatable bonds is 16. The third-order valence-corrected chi connectivity index (χ3v) is 5.44. The lowest BCUT2D eigenvalue weighted by Crippen LogP contribution is -2.41. The molecule has 0 aliphatic heterocycles. The zero-order valence-corrected chi connectivity index (χ0v) is 22.5. The van der Waals surface area contributed by atoms with E-state index < -0.39 is 67.8 Å². The lowest BCUT2D eigenvalue weighted by atomic mass is 10.1. The van der Waals surface area contributed by atoms with Crippen molar-refractivity contribution < 1.29 is 68.8 Å². The van der Waals surface area contributed by atoms with Crippen LogP contribution in [0.3, 0.4) is 0 Å². The first-order valence-corrected chi connectivity index (χ1v) is 12.6. The quantitative estimate of drug-likeness (QED) is 0.170. The largest absolute Gasteiger partial charge is 0.573 e. The number of benzene rings is 2. The zero-order chi connectivity index (χ0) is 32.3. The van der Waals surface area contributed by atoms with Gasteiger partial charge in [-0.3, -0.25) is 0 Å². The summed E-state index contributed by atoms with van der Waals surface area (Å²) in [6, 6.07) is 9.67. The number of ether oxygens (including phenoxy) is 4. The molecule has 17 heteroatoms.